The minimum absolute atomic E-state index is 0.207. The van der Waals surface area contributed by atoms with Gasteiger partial charge in [-0.3, -0.25) is 9.59 Å². The first kappa shape index (κ1) is 17.3. The van der Waals surface area contributed by atoms with E-state index in [-0.39, 0.29) is 24.5 Å². The zero-order chi connectivity index (χ0) is 16.9. The Balaban J connectivity index is 2.06. The second-order valence-electron chi connectivity index (χ2n) is 6.26. The predicted octanol–water partition coefficient (Wildman–Crippen LogP) is 3.37. The van der Waals surface area contributed by atoms with Crippen molar-refractivity contribution >= 4 is 11.9 Å². The molecule has 4 heteroatoms. The molecule has 1 fully saturated rings. The van der Waals surface area contributed by atoms with Crippen LogP contribution in [-0.2, 0) is 20.9 Å². The lowest BCUT2D eigenvalue weighted by Crippen LogP contribution is -2.42. The molecule has 0 spiro atoms. The number of esters is 1. The molecule has 1 aromatic carbocycles. The molecule has 1 aliphatic rings. The highest BCUT2D eigenvalue weighted by Crippen LogP contribution is 2.39. The summed E-state index contributed by atoms with van der Waals surface area (Å²) in [7, 11) is 0. The van der Waals surface area contributed by atoms with E-state index in [9.17, 15) is 9.59 Å². The molecule has 1 aliphatic heterocycles. The monoisotopic (exact) mass is 315 g/mol. The molecule has 23 heavy (non-hydrogen) atoms. The molecule has 124 valence electrons. The molecular weight excluding hydrogens is 290 g/mol. The van der Waals surface area contributed by atoms with Crippen molar-refractivity contribution in [1.29, 1.82) is 0 Å². The third-order valence-electron chi connectivity index (χ3n) is 4.64. The second-order valence-corrected chi connectivity index (χ2v) is 6.26. The second kappa shape index (κ2) is 7.44. The smallest absolute Gasteiger partial charge is 0.318 e. The number of hydrogen-bond donors (Lipinski definition) is 1. The number of unbranched alkanes of at least 4 members (excludes halogenated alkanes) is 2. The molecule has 2 rings (SSSR count). The molecule has 4 nitrogen and oxygen atoms in total. The van der Waals surface area contributed by atoms with E-state index in [1.165, 1.54) is 0 Å². The van der Waals surface area contributed by atoms with E-state index in [0.29, 0.717) is 5.57 Å². The molecule has 2 atom stereocenters. The number of amides is 1. The topological polar surface area (TPSA) is 55.4 Å². The summed E-state index contributed by atoms with van der Waals surface area (Å²) in [6.07, 6.45) is 3.90. The summed E-state index contributed by atoms with van der Waals surface area (Å²) in [4.78, 5) is 24.7. The number of carbonyl (C=O) groups excluding carboxylic acids is 2. The molecule has 1 amide bonds. The van der Waals surface area contributed by atoms with Crippen molar-refractivity contribution in [3.63, 3.8) is 0 Å². The molecule has 1 aromatic rings. The number of ether oxygens (including phenoxy) is 1. The SMILES string of the molecule is C=C1C(=O)N[C@H](CCCCC)[C@]1(C)C(=O)OCc1ccccc1. The average Bonchev–Trinajstić information content (AvgIpc) is 2.79. The van der Waals surface area contributed by atoms with Crippen molar-refractivity contribution < 1.29 is 14.3 Å². The number of nitrogens with one attached hydrogen (secondary N) is 1. The van der Waals surface area contributed by atoms with Crippen LogP contribution in [-0.4, -0.2) is 17.9 Å². The van der Waals surface area contributed by atoms with E-state index >= 15 is 0 Å². The maximum atomic E-state index is 12.7. The normalized spacial score (nSPS) is 23.7. The van der Waals surface area contributed by atoms with Gasteiger partial charge in [0.15, 0.2) is 0 Å². The highest BCUT2D eigenvalue weighted by atomic mass is 16.5. The summed E-state index contributed by atoms with van der Waals surface area (Å²) < 4.78 is 5.48. The average molecular weight is 315 g/mol. The molecular formula is C19H25NO3. The van der Waals surface area contributed by atoms with Crippen molar-refractivity contribution in [1.82, 2.24) is 5.32 Å². The number of rotatable bonds is 7. The Bertz CT molecular complexity index is 582. The van der Waals surface area contributed by atoms with Gasteiger partial charge in [0, 0.05) is 11.6 Å². The van der Waals surface area contributed by atoms with E-state index < -0.39 is 5.41 Å². The van der Waals surface area contributed by atoms with Crippen molar-refractivity contribution in [2.75, 3.05) is 0 Å². The Hall–Kier alpha value is -2.10. The number of hydrogen-bond acceptors (Lipinski definition) is 3. The van der Waals surface area contributed by atoms with E-state index in [4.69, 9.17) is 4.74 Å². The first-order valence-electron chi connectivity index (χ1n) is 8.21. The third-order valence-corrected chi connectivity index (χ3v) is 4.64. The summed E-state index contributed by atoms with van der Waals surface area (Å²) in [6.45, 7) is 7.92. The summed E-state index contributed by atoms with van der Waals surface area (Å²) >= 11 is 0. The minimum atomic E-state index is -0.987. The predicted molar refractivity (Wildman–Crippen MR) is 89.6 cm³/mol. The van der Waals surface area contributed by atoms with Crippen molar-refractivity contribution in [2.24, 2.45) is 5.41 Å². The van der Waals surface area contributed by atoms with Gasteiger partial charge in [-0.1, -0.05) is 63.1 Å². The highest BCUT2D eigenvalue weighted by Gasteiger charge is 2.52. The molecule has 0 radical (unpaired) electrons. The summed E-state index contributed by atoms with van der Waals surface area (Å²) in [6, 6.07) is 9.29. The Kier molecular flexibility index (Phi) is 5.59. The Morgan fingerprint density at radius 1 is 1.30 bits per heavy atom. The lowest BCUT2D eigenvalue weighted by Gasteiger charge is -2.28. The molecule has 0 unspecified atom stereocenters. The van der Waals surface area contributed by atoms with Crippen LogP contribution in [0.5, 0.6) is 0 Å². The van der Waals surface area contributed by atoms with Crippen molar-refractivity contribution in [2.45, 2.75) is 52.2 Å². The summed E-state index contributed by atoms with van der Waals surface area (Å²) in [5.41, 5.74) is 0.242. The van der Waals surface area contributed by atoms with Crippen LogP contribution in [0.25, 0.3) is 0 Å². The van der Waals surface area contributed by atoms with Gasteiger partial charge in [-0.05, 0) is 18.9 Å². The maximum absolute atomic E-state index is 12.7. The Labute approximate surface area is 137 Å². The first-order valence-corrected chi connectivity index (χ1v) is 8.21. The van der Waals surface area contributed by atoms with Crippen LogP contribution in [0.4, 0.5) is 0 Å². The van der Waals surface area contributed by atoms with Crippen molar-refractivity contribution in [3.8, 4) is 0 Å². The molecule has 0 aliphatic carbocycles. The van der Waals surface area contributed by atoms with Crippen molar-refractivity contribution in [3.05, 3.63) is 48.0 Å². The van der Waals surface area contributed by atoms with Gasteiger partial charge in [-0.15, -0.1) is 0 Å². The molecule has 1 N–H and O–H groups in total. The zero-order valence-electron chi connectivity index (χ0n) is 13.9. The lowest BCUT2D eigenvalue weighted by molar-refractivity contribution is -0.154. The first-order chi connectivity index (χ1) is 11.0. The molecule has 1 heterocycles. The summed E-state index contributed by atoms with van der Waals surface area (Å²) in [5.74, 6) is -0.628. The number of benzene rings is 1. The van der Waals surface area contributed by atoms with Crippen LogP contribution in [0, 0.1) is 5.41 Å². The van der Waals surface area contributed by atoms with Crippen LogP contribution in [0.2, 0.25) is 0 Å². The van der Waals surface area contributed by atoms with Gasteiger partial charge < -0.3 is 10.1 Å². The van der Waals surface area contributed by atoms with Crippen LogP contribution in [0.15, 0.2) is 42.5 Å². The quantitative estimate of drug-likeness (QED) is 0.477. The fourth-order valence-electron chi connectivity index (χ4n) is 2.93. The van der Waals surface area contributed by atoms with E-state index in [1.807, 2.05) is 30.3 Å². The van der Waals surface area contributed by atoms with E-state index in [2.05, 4.69) is 18.8 Å². The number of carbonyl (C=O) groups is 2. The maximum Gasteiger partial charge on any atom is 0.318 e. The fraction of sp³-hybridized carbons (Fsp3) is 0.474. The molecule has 0 aromatic heterocycles. The van der Waals surface area contributed by atoms with Crippen LogP contribution in [0.3, 0.4) is 0 Å². The van der Waals surface area contributed by atoms with Gasteiger partial charge in [-0.25, -0.2) is 0 Å². The summed E-state index contributed by atoms with van der Waals surface area (Å²) in [5, 5.41) is 2.89. The Morgan fingerprint density at radius 2 is 2.00 bits per heavy atom. The zero-order valence-corrected chi connectivity index (χ0v) is 13.9. The third kappa shape index (κ3) is 3.63. The Morgan fingerprint density at radius 3 is 2.65 bits per heavy atom. The van der Waals surface area contributed by atoms with Gasteiger partial charge in [-0.2, -0.15) is 0 Å². The lowest BCUT2D eigenvalue weighted by atomic mass is 9.77. The largest absolute Gasteiger partial charge is 0.460 e. The van der Waals surface area contributed by atoms with Gasteiger partial charge in [0.25, 0.3) is 0 Å². The molecule has 0 saturated carbocycles. The van der Waals surface area contributed by atoms with Crippen LogP contribution in [0.1, 0.15) is 45.1 Å². The van der Waals surface area contributed by atoms with Gasteiger partial charge >= 0.3 is 5.97 Å². The standard InChI is InChI=1S/C19H25NO3/c1-4-5-7-12-16-19(3,14(2)17(21)20-16)18(22)23-13-15-10-8-6-9-11-15/h6,8-11,16H,2,4-5,7,12-13H2,1,3H3,(H,20,21)/t16-,19-/m1/s1. The molecule has 1 saturated heterocycles. The fourth-order valence-corrected chi connectivity index (χ4v) is 2.93. The highest BCUT2D eigenvalue weighted by molar-refractivity contribution is 6.04. The van der Waals surface area contributed by atoms with Crippen LogP contribution < -0.4 is 5.32 Å². The van der Waals surface area contributed by atoms with Gasteiger partial charge in [0.1, 0.15) is 12.0 Å². The molecule has 0 bridgehead atoms. The van der Waals surface area contributed by atoms with Gasteiger partial charge in [0.05, 0.1) is 0 Å². The van der Waals surface area contributed by atoms with E-state index in [0.717, 1.165) is 31.2 Å². The van der Waals surface area contributed by atoms with E-state index in [1.54, 1.807) is 6.92 Å². The van der Waals surface area contributed by atoms with Crippen LogP contribution >= 0.6 is 0 Å². The van der Waals surface area contributed by atoms with Gasteiger partial charge in [0.2, 0.25) is 5.91 Å². The minimum Gasteiger partial charge on any atom is -0.460 e.